The zero-order valence-corrected chi connectivity index (χ0v) is 14.7. The summed E-state index contributed by atoms with van der Waals surface area (Å²) in [6.07, 6.45) is -1.91. The fourth-order valence-corrected chi connectivity index (χ4v) is 3.18. The summed E-state index contributed by atoms with van der Waals surface area (Å²) >= 11 is 0. The van der Waals surface area contributed by atoms with Crippen LogP contribution < -0.4 is 0 Å². The molecule has 1 aliphatic rings. The van der Waals surface area contributed by atoms with Crippen LogP contribution in [0.25, 0.3) is 0 Å². The van der Waals surface area contributed by atoms with Crippen molar-refractivity contribution in [3.63, 3.8) is 0 Å². The number of aliphatic hydroxyl groups excluding tert-OH is 1. The van der Waals surface area contributed by atoms with E-state index in [0.29, 0.717) is 13.2 Å². The Kier molecular flexibility index (Phi) is 6.21. The van der Waals surface area contributed by atoms with Crippen molar-refractivity contribution >= 4 is 0 Å². The maximum atomic E-state index is 10.6. The molecule has 4 heteroatoms. The average molecular weight is 342 g/mol. The highest BCUT2D eigenvalue weighted by Crippen LogP contribution is 2.27. The molecule has 1 N–H and O–H groups in total. The SMILES string of the molecule is CC1OC(C)[C@H](OCc2ccccc2)[C@@H](OCc2ccccc2)C1O. The molecule has 0 amide bonds. The molecule has 0 aromatic heterocycles. The molecule has 5 atom stereocenters. The molecule has 134 valence electrons. The van der Waals surface area contributed by atoms with Gasteiger partial charge in [0.05, 0.1) is 25.4 Å². The molecule has 1 fully saturated rings. The summed E-state index contributed by atoms with van der Waals surface area (Å²) in [5.41, 5.74) is 2.16. The van der Waals surface area contributed by atoms with Crippen molar-refractivity contribution < 1.29 is 19.3 Å². The van der Waals surface area contributed by atoms with Crippen molar-refractivity contribution in [1.29, 1.82) is 0 Å². The second-order valence-corrected chi connectivity index (χ2v) is 6.56. The van der Waals surface area contributed by atoms with Crippen LogP contribution in [0.4, 0.5) is 0 Å². The number of hydrogen-bond donors (Lipinski definition) is 1. The van der Waals surface area contributed by atoms with Crippen molar-refractivity contribution in [2.45, 2.75) is 57.6 Å². The number of rotatable bonds is 6. The van der Waals surface area contributed by atoms with E-state index in [1.807, 2.05) is 74.5 Å². The number of benzene rings is 2. The van der Waals surface area contributed by atoms with Crippen molar-refractivity contribution in [2.75, 3.05) is 0 Å². The smallest absolute Gasteiger partial charge is 0.115 e. The first kappa shape index (κ1) is 18.1. The molecule has 3 rings (SSSR count). The van der Waals surface area contributed by atoms with Gasteiger partial charge < -0.3 is 19.3 Å². The van der Waals surface area contributed by atoms with E-state index < -0.39 is 12.2 Å². The van der Waals surface area contributed by atoms with Crippen molar-refractivity contribution in [3.05, 3.63) is 71.8 Å². The molecule has 3 unspecified atom stereocenters. The third-order valence-corrected chi connectivity index (χ3v) is 4.60. The van der Waals surface area contributed by atoms with Gasteiger partial charge in [-0.3, -0.25) is 0 Å². The zero-order chi connectivity index (χ0) is 17.6. The predicted molar refractivity (Wildman–Crippen MR) is 96.1 cm³/mol. The minimum Gasteiger partial charge on any atom is -0.388 e. The van der Waals surface area contributed by atoms with Crippen LogP contribution in [0, 0.1) is 0 Å². The Morgan fingerprint density at radius 2 is 1.24 bits per heavy atom. The van der Waals surface area contributed by atoms with Gasteiger partial charge in [-0.15, -0.1) is 0 Å². The number of aliphatic hydroxyl groups is 1. The van der Waals surface area contributed by atoms with Crippen LogP contribution in [0.2, 0.25) is 0 Å². The normalized spacial score (nSPS) is 29.5. The Hall–Kier alpha value is -1.72. The molecule has 2 aromatic rings. The molecule has 1 heterocycles. The molecular weight excluding hydrogens is 316 g/mol. The first-order chi connectivity index (χ1) is 12.1. The first-order valence-corrected chi connectivity index (χ1v) is 8.79. The topological polar surface area (TPSA) is 47.9 Å². The Bertz CT molecular complexity index is 631. The number of ether oxygens (including phenoxy) is 3. The van der Waals surface area contributed by atoms with E-state index in [-0.39, 0.29) is 18.3 Å². The van der Waals surface area contributed by atoms with E-state index in [1.165, 1.54) is 0 Å². The average Bonchev–Trinajstić information content (AvgIpc) is 2.64. The van der Waals surface area contributed by atoms with E-state index in [9.17, 15) is 5.11 Å². The Balaban J connectivity index is 1.67. The number of hydrogen-bond acceptors (Lipinski definition) is 4. The fourth-order valence-electron chi connectivity index (χ4n) is 3.18. The van der Waals surface area contributed by atoms with E-state index in [0.717, 1.165) is 11.1 Å². The molecule has 0 radical (unpaired) electrons. The first-order valence-electron chi connectivity index (χ1n) is 8.79. The van der Waals surface area contributed by atoms with Crippen LogP contribution in [-0.2, 0) is 27.4 Å². The minimum absolute atomic E-state index is 0.150. The molecule has 0 saturated carbocycles. The summed E-state index contributed by atoms with van der Waals surface area (Å²) in [5, 5.41) is 10.6. The lowest BCUT2D eigenvalue weighted by molar-refractivity contribution is -0.244. The molecule has 4 nitrogen and oxygen atoms in total. The summed E-state index contributed by atoms with van der Waals surface area (Å²) in [5.74, 6) is 0. The van der Waals surface area contributed by atoms with E-state index in [1.54, 1.807) is 0 Å². The van der Waals surface area contributed by atoms with Crippen LogP contribution >= 0.6 is 0 Å². The highest BCUT2D eigenvalue weighted by atomic mass is 16.6. The van der Waals surface area contributed by atoms with Gasteiger partial charge in [0.2, 0.25) is 0 Å². The lowest BCUT2D eigenvalue weighted by Crippen LogP contribution is -2.57. The molecule has 0 aliphatic carbocycles. The van der Waals surface area contributed by atoms with Crippen LogP contribution in [0.3, 0.4) is 0 Å². The summed E-state index contributed by atoms with van der Waals surface area (Å²) < 4.78 is 18.0. The van der Waals surface area contributed by atoms with Gasteiger partial charge >= 0.3 is 0 Å². The van der Waals surface area contributed by atoms with Gasteiger partial charge in [0, 0.05) is 0 Å². The van der Waals surface area contributed by atoms with Gasteiger partial charge in [0.15, 0.2) is 0 Å². The van der Waals surface area contributed by atoms with Crippen LogP contribution in [0.1, 0.15) is 25.0 Å². The summed E-state index contributed by atoms with van der Waals surface area (Å²) in [6, 6.07) is 20.0. The molecule has 2 aromatic carbocycles. The highest BCUT2D eigenvalue weighted by molar-refractivity contribution is 5.14. The van der Waals surface area contributed by atoms with Gasteiger partial charge in [0.25, 0.3) is 0 Å². The predicted octanol–water partition coefficient (Wildman–Crippen LogP) is 3.33. The lowest BCUT2D eigenvalue weighted by Gasteiger charge is -2.42. The standard InChI is InChI=1S/C21H26O4/c1-15-19(22)21(24-14-18-11-7-4-8-12-18)20(16(2)25-15)23-13-17-9-5-3-6-10-17/h3-12,15-16,19-22H,13-14H2,1-2H3/t15?,16?,19?,20-,21-/m0/s1. The minimum atomic E-state index is -0.722. The van der Waals surface area contributed by atoms with Gasteiger partial charge in [-0.2, -0.15) is 0 Å². The van der Waals surface area contributed by atoms with E-state index >= 15 is 0 Å². The molecule has 0 spiro atoms. The van der Waals surface area contributed by atoms with Crippen molar-refractivity contribution in [1.82, 2.24) is 0 Å². The monoisotopic (exact) mass is 342 g/mol. The zero-order valence-electron chi connectivity index (χ0n) is 14.7. The summed E-state index contributed by atoms with van der Waals surface area (Å²) in [7, 11) is 0. The summed E-state index contributed by atoms with van der Waals surface area (Å²) in [6.45, 7) is 4.74. The fraction of sp³-hybridized carbons (Fsp3) is 0.429. The van der Waals surface area contributed by atoms with Gasteiger partial charge in [-0.25, -0.2) is 0 Å². The highest BCUT2D eigenvalue weighted by Gasteiger charge is 2.43. The third-order valence-electron chi connectivity index (χ3n) is 4.60. The lowest BCUT2D eigenvalue weighted by atomic mass is 9.96. The van der Waals surface area contributed by atoms with Gasteiger partial charge in [0.1, 0.15) is 18.3 Å². The van der Waals surface area contributed by atoms with E-state index in [4.69, 9.17) is 14.2 Å². The largest absolute Gasteiger partial charge is 0.388 e. The van der Waals surface area contributed by atoms with Gasteiger partial charge in [-0.1, -0.05) is 60.7 Å². The van der Waals surface area contributed by atoms with Gasteiger partial charge in [-0.05, 0) is 25.0 Å². The molecule has 1 saturated heterocycles. The molecular formula is C21H26O4. The van der Waals surface area contributed by atoms with Crippen LogP contribution in [0.15, 0.2) is 60.7 Å². The second kappa shape index (κ2) is 8.59. The quantitative estimate of drug-likeness (QED) is 0.875. The van der Waals surface area contributed by atoms with Crippen molar-refractivity contribution in [2.24, 2.45) is 0 Å². The Morgan fingerprint density at radius 3 is 1.76 bits per heavy atom. The van der Waals surface area contributed by atoms with Crippen molar-refractivity contribution in [3.8, 4) is 0 Å². The third kappa shape index (κ3) is 4.67. The Labute approximate surface area is 149 Å². The molecule has 0 bridgehead atoms. The maximum absolute atomic E-state index is 10.6. The van der Waals surface area contributed by atoms with Crippen LogP contribution in [-0.4, -0.2) is 35.6 Å². The molecule has 1 aliphatic heterocycles. The summed E-state index contributed by atoms with van der Waals surface area (Å²) in [4.78, 5) is 0. The van der Waals surface area contributed by atoms with E-state index in [2.05, 4.69) is 0 Å². The molecule has 25 heavy (non-hydrogen) atoms. The Morgan fingerprint density at radius 1 is 0.760 bits per heavy atom. The van der Waals surface area contributed by atoms with Crippen LogP contribution in [0.5, 0.6) is 0 Å². The maximum Gasteiger partial charge on any atom is 0.115 e. The second-order valence-electron chi connectivity index (χ2n) is 6.56.